The van der Waals surface area contributed by atoms with Crippen LogP contribution in [-0.2, 0) is 11.3 Å². The molecule has 4 rings (SSSR count). The highest BCUT2D eigenvalue weighted by Crippen LogP contribution is 2.35. The molecule has 5 nitrogen and oxygen atoms in total. The predicted molar refractivity (Wildman–Crippen MR) is 106 cm³/mol. The zero-order chi connectivity index (χ0) is 17.6. The molecule has 1 unspecified atom stereocenters. The SMILES string of the molecule is Clc1cc(NCc2ccco2)c2scc(Br)c2n1.NC1CCCOC1. The van der Waals surface area contributed by atoms with Gasteiger partial charge in [-0.2, -0.15) is 0 Å². The number of nitrogens with one attached hydrogen (secondary N) is 1. The number of fused-ring (bicyclic) bond motifs is 1. The van der Waals surface area contributed by atoms with Gasteiger partial charge < -0.3 is 20.2 Å². The van der Waals surface area contributed by atoms with Crippen molar-refractivity contribution in [2.45, 2.75) is 25.4 Å². The van der Waals surface area contributed by atoms with Crippen molar-refractivity contribution >= 4 is 54.8 Å². The summed E-state index contributed by atoms with van der Waals surface area (Å²) in [6.07, 6.45) is 3.94. The Hall–Kier alpha value is -1.12. The molecule has 1 aliphatic heterocycles. The van der Waals surface area contributed by atoms with Crippen LogP contribution in [0.2, 0.25) is 5.15 Å². The molecule has 0 aliphatic carbocycles. The molecule has 3 aromatic rings. The normalized spacial score (nSPS) is 17.2. The highest BCUT2D eigenvalue weighted by molar-refractivity contribution is 9.10. The largest absolute Gasteiger partial charge is 0.467 e. The molecular weight excluding hydrogens is 426 g/mol. The van der Waals surface area contributed by atoms with E-state index in [9.17, 15) is 0 Å². The first kappa shape index (κ1) is 18.7. The standard InChI is InChI=1S/C12H8BrClN2OS.C5H11NO/c13-8-6-18-12-9(4-10(14)16-11(8)12)15-5-7-2-1-3-17-7;6-5-2-1-3-7-4-5/h1-4,6H,5H2,(H,15,16);5H,1-4,6H2. The van der Waals surface area contributed by atoms with E-state index >= 15 is 0 Å². The van der Waals surface area contributed by atoms with Gasteiger partial charge in [-0.3, -0.25) is 0 Å². The lowest BCUT2D eigenvalue weighted by Gasteiger charge is -2.16. The van der Waals surface area contributed by atoms with Crippen molar-refractivity contribution in [2.24, 2.45) is 5.73 Å². The molecular formula is C17H19BrClN3O2S. The highest BCUT2D eigenvalue weighted by atomic mass is 79.9. The Morgan fingerprint density at radius 2 is 2.36 bits per heavy atom. The van der Waals surface area contributed by atoms with E-state index in [-0.39, 0.29) is 0 Å². The number of ether oxygens (including phenoxy) is 1. The minimum atomic E-state index is 0.314. The van der Waals surface area contributed by atoms with Crippen molar-refractivity contribution in [2.75, 3.05) is 18.5 Å². The van der Waals surface area contributed by atoms with E-state index in [2.05, 4.69) is 26.2 Å². The smallest absolute Gasteiger partial charge is 0.131 e. The van der Waals surface area contributed by atoms with Gasteiger partial charge in [0.05, 0.1) is 39.8 Å². The van der Waals surface area contributed by atoms with Gasteiger partial charge in [0.25, 0.3) is 0 Å². The van der Waals surface area contributed by atoms with Gasteiger partial charge in [-0.1, -0.05) is 11.6 Å². The fraction of sp³-hybridized carbons (Fsp3) is 0.353. The van der Waals surface area contributed by atoms with Crippen LogP contribution in [0.5, 0.6) is 0 Å². The first-order valence-electron chi connectivity index (χ1n) is 7.96. The first-order valence-corrected chi connectivity index (χ1v) is 10.0. The fourth-order valence-corrected chi connectivity index (χ4v) is 4.19. The average molecular weight is 445 g/mol. The van der Waals surface area contributed by atoms with Crippen LogP contribution in [0.15, 0.2) is 38.7 Å². The van der Waals surface area contributed by atoms with E-state index in [1.165, 1.54) is 0 Å². The number of furan rings is 1. The maximum absolute atomic E-state index is 6.02. The summed E-state index contributed by atoms with van der Waals surface area (Å²) >= 11 is 11.1. The van der Waals surface area contributed by atoms with Gasteiger partial charge in [0.1, 0.15) is 10.9 Å². The molecule has 0 radical (unpaired) electrons. The second-order valence-corrected chi connectivity index (χ2v) is 7.79. The van der Waals surface area contributed by atoms with Crippen LogP contribution in [0.4, 0.5) is 5.69 Å². The quantitative estimate of drug-likeness (QED) is 0.554. The van der Waals surface area contributed by atoms with Crippen molar-refractivity contribution in [3.05, 3.63) is 45.2 Å². The molecule has 1 atom stereocenters. The van der Waals surface area contributed by atoms with Gasteiger partial charge in [0, 0.05) is 24.1 Å². The lowest BCUT2D eigenvalue weighted by molar-refractivity contribution is 0.0822. The molecule has 0 saturated carbocycles. The molecule has 3 N–H and O–H groups in total. The summed E-state index contributed by atoms with van der Waals surface area (Å²) in [5.41, 5.74) is 7.36. The lowest BCUT2D eigenvalue weighted by Crippen LogP contribution is -2.30. The van der Waals surface area contributed by atoms with E-state index in [1.807, 2.05) is 23.6 Å². The molecule has 0 bridgehead atoms. The summed E-state index contributed by atoms with van der Waals surface area (Å²) in [6.45, 7) is 2.30. The van der Waals surface area contributed by atoms with Gasteiger partial charge in [0.15, 0.2) is 0 Å². The molecule has 1 saturated heterocycles. The molecule has 0 amide bonds. The Kier molecular flexibility index (Phi) is 6.72. The Labute approximate surface area is 163 Å². The number of hydrogen-bond donors (Lipinski definition) is 2. The molecule has 1 fully saturated rings. The topological polar surface area (TPSA) is 73.3 Å². The van der Waals surface area contributed by atoms with Gasteiger partial charge in [-0.05, 0) is 40.9 Å². The van der Waals surface area contributed by atoms with Crippen LogP contribution < -0.4 is 11.1 Å². The van der Waals surface area contributed by atoms with E-state index in [4.69, 9.17) is 26.5 Å². The monoisotopic (exact) mass is 443 g/mol. The Bertz CT molecular complexity index is 804. The third kappa shape index (κ3) is 5.18. The number of rotatable bonds is 3. The first-order chi connectivity index (χ1) is 12.1. The minimum absolute atomic E-state index is 0.314. The van der Waals surface area contributed by atoms with Gasteiger partial charge in [0.2, 0.25) is 0 Å². The second kappa shape index (κ2) is 9.00. The van der Waals surface area contributed by atoms with E-state index in [0.717, 1.165) is 52.2 Å². The number of anilines is 1. The van der Waals surface area contributed by atoms with Gasteiger partial charge in [-0.15, -0.1) is 11.3 Å². The summed E-state index contributed by atoms with van der Waals surface area (Å²) in [7, 11) is 0. The van der Waals surface area contributed by atoms with Crippen LogP contribution in [-0.4, -0.2) is 24.2 Å². The maximum atomic E-state index is 6.02. The van der Waals surface area contributed by atoms with E-state index in [1.54, 1.807) is 17.6 Å². The van der Waals surface area contributed by atoms with Crippen molar-refractivity contribution in [3.8, 4) is 0 Å². The van der Waals surface area contributed by atoms with Crippen LogP contribution in [0.1, 0.15) is 18.6 Å². The molecule has 0 aromatic carbocycles. The fourth-order valence-electron chi connectivity index (χ4n) is 2.44. The van der Waals surface area contributed by atoms with Crippen molar-refractivity contribution < 1.29 is 9.15 Å². The Morgan fingerprint density at radius 1 is 1.48 bits per heavy atom. The summed E-state index contributed by atoms with van der Waals surface area (Å²) < 4.78 is 12.4. The molecule has 0 spiro atoms. The third-order valence-electron chi connectivity index (χ3n) is 3.68. The number of pyridine rings is 1. The minimum Gasteiger partial charge on any atom is -0.467 e. The van der Waals surface area contributed by atoms with Crippen LogP contribution in [0.3, 0.4) is 0 Å². The number of hydrogen-bond acceptors (Lipinski definition) is 6. The zero-order valence-corrected chi connectivity index (χ0v) is 16.7. The number of aromatic nitrogens is 1. The molecule has 3 aromatic heterocycles. The average Bonchev–Trinajstić information content (AvgIpc) is 3.25. The molecule has 134 valence electrons. The zero-order valence-electron chi connectivity index (χ0n) is 13.5. The van der Waals surface area contributed by atoms with E-state index < -0.39 is 0 Å². The summed E-state index contributed by atoms with van der Waals surface area (Å²) in [6, 6.07) is 5.94. The van der Waals surface area contributed by atoms with Gasteiger partial charge in [-0.25, -0.2) is 4.98 Å². The second-order valence-electron chi connectivity index (χ2n) is 5.66. The number of nitrogens with zero attached hydrogens (tertiary/aromatic N) is 1. The molecule has 4 heterocycles. The number of thiophene rings is 1. The number of halogens is 2. The highest BCUT2D eigenvalue weighted by Gasteiger charge is 2.10. The molecule has 8 heteroatoms. The third-order valence-corrected chi connectivity index (χ3v) is 5.78. The maximum Gasteiger partial charge on any atom is 0.131 e. The molecule has 25 heavy (non-hydrogen) atoms. The summed E-state index contributed by atoms with van der Waals surface area (Å²) in [4.78, 5) is 4.31. The van der Waals surface area contributed by atoms with Crippen molar-refractivity contribution in [1.82, 2.24) is 4.98 Å². The van der Waals surface area contributed by atoms with Crippen molar-refractivity contribution in [1.29, 1.82) is 0 Å². The number of nitrogens with two attached hydrogens (primary N) is 1. The van der Waals surface area contributed by atoms with Crippen LogP contribution in [0, 0.1) is 0 Å². The summed E-state index contributed by atoms with van der Waals surface area (Å²) in [5, 5.41) is 5.80. The van der Waals surface area contributed by atoms with Crippen molar-refractivity contribution in [3.63, 3.8) is 0 Å². The predicted octanol–water partition coefficient (Wildman–Crippen LogP) is 5.04. The summed E-state index contributed by atoms with van der Waals surface area (Å²) in [5.74, 6) is 0.881. The van der Waals surface area contributed by atoms with Crippen LogP contribution in [0.25, 0.3) is 10.2 Å². The molecule has 1 aliphatic rings. The van der Waals surface area contributed by atoms with Crippen LogP contribution >= 0.6 is 38.9 Å². The lowest BCUT2D eigenvalue weighted by atomic mass is 10.1. The van der Waals surface area contributed by atoms with E-state index in [0.29, 0.717) is 17.7 Å². The Balaban J connectivity index is 0.000000219. The Morgan fingerprint density at radius 3 is 3.00 bits per heavy atom. The van der Waals surface area contributed by atoms with Gasteiger partial charge >= 0.3 is 0 Å².